The Labute approximate surface area is 189 Å². The summed E-state index contributed by atoms with van der Waals surface area (Å²) in [5.41, 5.74) is 5.58. The average molecular weight is 426 g/mol. The number of allylic oxidation sites excluding steroid dienone is 2. The second-order valence-electron chi connectivity index (χ2n) is 9.74. The third-order valence-corrected chi connectivity index (χ3v) is 8.03. The Morgan fingerprint density at radius 2 is 1.84 bits per heavy atom. The highest BCUT2D eigenvalue weighted by atomic mass is 16.2. The summed E-state index contributed by atoms with van der Waals surface area (Å²) in [5, 5.41) is 5.13. The van der Waals surface area contributed by atoms with Gasteiger partial charge >= 0.3 is 0 Å². The minimum atomic E-state index is 0.152. The van der Waals surface area contributed by atoms with Gasteiger partial charge in [0.15, 0.2) is 0 Å². The average Bonchev–Trinajstić information content (AvgIpc) is 3.51. The molecular formula is C28H31N3O. The summed E-state index contributed by atoms with van der Waals surface area (Å²) < 4.78 is 0. The van der Waals surface area contributed by atoms with E-state index in [1.165, 1.54) is 41.3 Å². The molecule has 1 fully saturated rings. The molecule has 2 N–H and O–H groups in total. The molecule has 3 aromatic rings. The van der Waals surface area contributed by atoms with Gasteiger partial charge in [0.1, 0.15) is 0 Å². The van der Waals surface area contributed by atoms with Crippen LogP contribution in [-0.4, -0.2) is 28.9 Å². The number of H-pyrrole nitrogens is 1. The number of fused-ring (bicyclic) bond motifs is 4. The number of para-hydroxylation sites is 2. The lowest BCUT2D eigenvalue weighted by Gasteiger charge is -2.39. The molecule has 1 aliphatic heterocycles. The maximum atomic E-state index is 13.7. The fraction of sp³-hybridized carbons (Fsp3) is 0.393. The fourth-order valence-electron chi connectivity index (χ4n) is 6.28. The van der Waals surface area contributed by atoms with Gasteiger partial charge in [-0.2, -0.15) is 0 Å². The highest BCUT2D eigenvalue weighted by molar-refractivity contribution is 6.01. The number of carbonyl (C=O) groups excluding carboxylic acids is 1. The molecule has 0 saturated heterocycles. The Bertz CT molecular complexity index is 1190. The SMILES string of the molecule is CN(C(=O)c1cccc2c1NC(c1c[nH]c3ccccc13)C1CC=CC21)C1CCCCC1. The number of aromatic nitrogens is 1. The summed E-state index contributed by atoms with van der Waals surface area (Å²) in [5.74, 6) is 0.958. The van der Waals surface area contributed by atoms with E-state index in [0.29, 0.717) is 17.9 Å². The number of hydrogen-bond donors (Lipinski definition) is 2. The van der Waals surface area contributed by atoms with Crippen molar-refractivity contribution in [2.45, 2.75) is 56.5 Å². The molecule has 2 aliphatic carbocycles. The van der Waals surface area contributed by atoms with Crippen molar-refractivity contribution in [2.75, 3.05) is 12.4 Å². The number of amides is 1. The summed E-state index contributed by atoms with van der Waals surface area (Å²) in [7, 11) is 2.00. The first-order valence-corrected chi connectivity index (χ1v) is 12.1. The van der Waals surface area contributed by atoms with Crippen LogP contribution >= 0.6 is 0 Å². The van der Waals surface area contributed by atoms with E-state index < -0.39 is 0 Å². The first-order valence-electron chi connectivity index (χ1n) is 12.1. The van der Waals surface area contributed by atoms with Gasteiger partial charge < -0.3 is 15.2 Å². The van der Waals surface area contributed by atoms with Gasteiger partial charge in [-0.3, -0.25) is 4.79 Å². The Morgan fingerprint density at radius 3 is 2.72 bits per heavy atom. The molecule has 4 heteroatoms. The van der Waals surface area contributed by atoms with Crippen LogP contribution in [-0.2, 0) is 0 Å². The number of carbonyl (C=O) groups is 1. The second-order valence-corrected chi connectivity index (χ2v) is 9.74. The van der Waals surface area contributed by atoms with Gasteiger partial charge in [-0.25, -0.2) is 0 Å². The lowest BCUT2D eigenvalue weighted by atomic mass is 9.76. The highest BCUT2D eigenvalue weighted by Gasteiger charge is 2.40. The van der Waals surface area contributed by atoms with E-state index in [4.69, 9.17) is 0 Å². The molecule has 1 saturated carbocycles. The van der Waals surface area contributed by atoms with E-state index in [-0.39, 0.29) is 11.9 Å². The predicted octanol–water partition coefficient (Wildman–Crippen LogP) is 6.40. The van der Waals surface area contributed by atoms with Crippen LogP contribution in [0.1, 0.15) is 72.0 Å². The maximum absolute atomic E-state index is 13.7. The van der Waals surface area contributed by atoms with Crippen molar-refractivity contribution in [3.05, 3.63) is 77.5 Å². The third-order valence-electron chi connectivity index (χ3n) is 8.03. The molecule has 0 radical (unpaired) electrons. The second kappa shape index (κ2) is 7.84. The summed E-state index contributed by atoms with van der Waals surface area (Å²) in [6.45, 7) is 0. The standard InChI is InChI=1S/C28H31N3O/c1-31(18-9-3-2-4-10-18)28(32)23-15-8-14-21-19-12-7-13-22(19)27(30-26(21)23)24-17-29-25-16-6-5-11-20(24)25/h5-8,11-12,14-19,22,27,29-30H,2-4,9-10,13H2,1H3. The summed E-state index contributed by atoms with van der Waals surface area (Å²) in [6.07, 6.45) is 13.9. The lowest BCUT2D eigenvalue weighted by Crippen LogP contribution is -2.39. The Hall–Kier alpha value is -3.01. The van der Waals surface area contributed by atoms with Crippen LogP contribution in [0.4, 0.5) is 5.69 Å². The zero-order chi connectivity index (χ0) is 21.7. The molecule has 32 heavy (non-hydrogen) atoms. The molecule has 3 aliphatic rings. The smallest absolute Gasteiger partial charge is 0.255 e. The van der Waals surface area contributed by atoms with E-state index in [1.54, 1.807) is 0 Å². The van der Waals surface area contributed by atoms with Gasteiger partial charge in [-0.05, 0) is 48.4 Å². The van der Waals surface area contributed by atoms with Gasteiger partial charge in [-0.1, -0.05) is 61.7 Å². The molecule has 164 valence electrons. The number of nitrogens with one attached hydrogen (secondary N) is 2. The Balaban J connectivity index is 1.40. The van der Waals surface area contributed by atoms with E-state index in [2.05, 4.69) is 65.0 Å². The first-order chi connectivity index (χ1) is 15.7. The van der Waals surface area contributed by atoms with E-state index >= 15 is 0 Å². The Kier molecular flexibility index (Phi) is 4.82. The monoisotopic (exact) mass is 425 g/mol. The summed E-state index contributed by atoms with van der Waals surface area (Å²) in [6, 6.07) is 15.3. The van der Waals surface area contributed by atoms with Crippen LogP contribution in [0.2, 0.25) is 0 Å². The van der Waals surface area contributed by atoms with Crippen molar-refractivity contribution in [1.82, 2.24) is 9.88 Å². The van der Waals surface area contributed by atoms with E-state index in [0.717, 1.165) is 30.5 Å². The topological polar surface area (TPSA) is 48.1 Å². The molecule has 2 heterocycles. The van der Waals surface area contributed by atoms with Crippen molar-refractivity contribution in [2.24, 2.45) is 5.92 Å². The quantitative estimate of drug-likeness (QED) is 0.477. The van der Waals surface area contributed by atoms with Crippen LogP contribution in [0.25, 0.3) is 10.9 Å². The molecule has 6 rings (SSSR count). The van der Waals surface area contributed by atoms with Gasteiger partial charge in [0, 0.05) is 36.1 Å². The molecule has 3 unspecified atom stereocenters. The van der Waals surface area contributed by atoms with Crippen molar-refractivity contribution in [3.8, 4) is 0 Å². The van der Waals surface area contributed by atoms with Crippen molar-refractivity contribution >= 4 is 22.5 Å². The highest BCUT2D eigenvalue weighted by Crippen LogP contribution is 2.51. The van der Waals surface area contributed by atoms with Gasteiger partial charge in [0.2, 0.25) is 0 Å². The van der Waals surface area contributed by atoms with Crippen LogP contribution < -0.4 is 5.32 Å². The van der Waals surface area contributed by atoms with Gasteiger partial charge in [-0.15, -0.1) is 0 Å². The van der Waals surface area contributed by atoms with Crippen LogP contribution in [0.5, 0.6) is 0 Å². The zero-order valence-electron chi connectivity index (χ0n) is 18.7. The van der Waals surface area contributed by atoms with E-state index in [1.807, 2.05) is 18.0 Å². The summed E-state index contributed by atoms with van der Waals surface area (Å²) >= 11 is 0. The number of aromatic amines is 1. The number of hydrogen-bond acceptors (Lipinski definition) is 2. The molecule has 1 aromatic heterocycles. The number of benzene rings is 2. The predicted molar refractivity (Wildman–Crippen MR) is 130 cm³/mol. The fourth-order valence-corrected chi connectivity index (χ4v) is 6.28. The minimum Gasteiger partial charge on any atom is -0.377 e. The number of anilines is 1. The third kappa shape index (κ3) is 3.08. The number of rotatable bonds is 3. The van der Waals surface area contributed by atoms with Crippen molar-refractivity contribution in [3.63, 3.8) is 0 Å². The lowest BCUT2D eigenvalue weighted by molar-refractivity contribution is 0.0697. The molecule has 0 spiro atoms. The molecule has 1 amide bonds. The summed E-state index contributed by atoms with van der Waals surface area (Å²) in [4.78, 5) is 19.1. The van der Waals surface area contributed by atoms with Crippen LogP contribution in [0, 0.1) is 5.92 Å². The van der Waals surface area contributed by atoms with Gasteiger partial charge in [0.25, 0.3) is 5.91 Å². The minimum absolute atomic E-state index is 0.152. The number of nitrogens with zero attached hydrogens (tertiary/aromatic N) is 1. The van der Waals surface area contributed by atoms with Crippen LogP contribution in [0.15, 0.2) is 60.8 Å². The van der Waals surface area contributed by atoms with Gasteiger partial charge in [0.05, 0.1) is 17.3 Å². The molecule has 0 bridgehead atoms. The molecule has 2 aromatic carbocycles. The largest absolute Gasteiger partial charge is 0.377 e. The van der Waals surface area contributed by atoms with Crippen molar-refractivity contribution < 1.29 is 4.79 Å². The van der Waals surface area contributed by atoms with Crippen LogP contribution in [0.3, 0.4) is 0 Å². The van der Waals surface area contributed by atoms with Crippen molar-refractivity contribution in [1.29, 1.82) is 0 Å². The molecular weight excluding hydrogens is 394 g/mol. The first kappa shape index (κ1) is 19.7. The zero-order valence-corrected chi connectivity index (χ0v) is 18.7. The normalized spacial score (nSPS) is 24.7. The maximum Gasteiger partial charge on any atom is 0.255 e. The molecule has 3 atom stereocenters. The molecule has 4 nitrogen and oxygen atoms in total. The van der Waals surface area contributed by atoms with E-state index in [9.17, 15) is 4.79 Å². The Morgan fingerprint density at radius 1 is 1.00 bits per heavy atom.